The summed E-state index contributed by atoms with van der Waals surface area (Å²) < 4.78 is 1.77. The molecule has 0 N–H and O–H groups in total. The number of aromatic nitrogens is 3. The molecular formula is C22H24N4O. The fourth-order valence-corrected chi connectivity index (χ4v) is 3.57. The van der Waals surface area contributed by atoms with Crippen LogP contribution in [0.3, 0.4) is 0 Å². The summed E-state index contributed by atoms with van der Waals surface area (Å²) in [5.74, 6) is 0.876. The normalized spacial score (nSPS) is 17.1. The number of rotatable bonds is 3. The highest BCUT2D eigenvalue weighted by molar-refractivity contribution is 5.91. The Labute approximate surface area is 159 Å². The third-order valence-electron chi connectivity index (χ3n) is 5.17. The van der Waals surface area contributed by atoms with Crippen molar-refractivity contribution in [3.8, 4) is 17.1 Å². The number of benzene rings is 2. The van der Waals surface area contributed by atoms with Crippen molar-refractivity contribution in [2.45, 2.75) is 39.2 Å². The molecule has 2 heterocycles. The number of piperidine rings is 1. The van der Waals surface area contributed by atoms with E-state index in [1.165, 1.54) is 12.0 Å². The van der Waals surface area contributed by atoms with E-state index < -0.39 is 0 Å². The van der Waals surface area contributed by atoms with E-state index in [1.807, 2.05) is 59.5 Å². The first kappa shape index (κ1) is 17.5. The molecule has 1 amide bonds. The summed E-state index contributed by atoms with van der Waals surface area (Å²) in [4.78, 5) is 19.6. The van der Waals surface area contributed by atoms with Crippen LogP contribution in [0.5, 0.6) is 0 Å². The second-order valence-electron chi connectivity index (χ2n) is 7.22. The Kier molecular flexibility index (Phi) is 4.75. The highest BCUT2D eigenvalue weighted by Crippen LogP contribution is 2.23. The van der Waals surface area contributed by atoms with Gasteiger partial charge in [0.1, 0.15) is 0 Å². The van der Waals surface area contributed by atoms with E-state index in [9.17, 15) is 4.79 Å². The van der Waals surface area contributed by atoms with Gasteiger partial charge in [-0.05, 0) is 45.2 Å². The Morgan fingerprint density at radius 2 is 1.78 bits per heavy atom. The number of amides is 1. The van der Waals surface area contributed by atoms with E-state index in [0.29, 0.717) is 5.82 Å². The molecule has 1 aromatic heterocycles. The van der Waals surface area contributed by atoms with Gasteiger partial charge in [-0.2, -0.15) is 0 Å². The second kappa shape index (κ2) is 7.35. The highest BCUT2D eigenvalue weighted by atomic mass is 16.2. The first-order valence-electron chi connectivity index (χ1n) is 9.54. The molecule has 4 rings (SSSR count). The quantitative estimate of drug-likeness (QED) is 0.701. The van der Waals surface area contributed by atoms with E-state index in [1.54, 1.807) is 4.68 Å². The molecule has 1 saturated heterocycles. The average Bonchev–Trinajstić information content (AvgIpc) is 3.14. The number of nitrogens with zero attached hydrogens (tertiary/aromatic N) is 4. The highest BCUT2D eigenvalue weighted by Gasteiger charge is 2.28. The lowest BCUT2D eigenvalue weighted by Gasteiger charge is -2.32. The zero-order valence-corrected chi connectivity index (χ0v) is 15.8. The molecular weight excluding hydrogens is 336 g/mol. The van der Waals surface area contributed by atoms with Crippen LogP contribution in [0.1, 0.15) is 42.4 Å². The molecule has 0 aliphatic carbocycles. The Morgan fingerprint density at radius 3 is 2.48 bits per heavy atom. The summed E-state index contributed by atoms with van der Waals surface area (Å²) in [5.41, 5.74) is 3.02. The van der Waals surface area contributed by atoms with Crippen LogP contribution in [0.2, 0.25) is 0 Å². The third kappa shape index (κ3) is 3.50. The van der Waals surface area contributed by atoms with Crippen molar-refractivity contribution in [2.75, 3.05) is 6.54 Å². The van der Waals surface area contributed by atoms with Crippen molar-refractivity contribution >= 4 is 5.91 Å². The lowest BCUT2D eigenvalue weighted by Crippen LogP contribution is -2.42. The minimum Gasteiger partial charge on any atom is -0.333 e. The van der Waals surface area contributed by atoms with Crippen molar-refractivity contribution in [2.24, 2.45) is 0 Å². The predicted octanol–water partition coefficient (Wildman–Crippen LogP) is 4.26. The number of hydrogen-bond donors (Lipinski definition) is 0. The molecule has 1 fully saturated rings. The summed E-state index contributed by atoms with van der Waals surface area (Å²) in [6, 6.07) is 18.2. The van der Waals surface area contributed by atoms with Gasteiger partial charge in [-0.25, -0.2) is 9.67 Å². The summed E-state index contributed by atoms with van der Waals surface area (Å²) in [7, 11) is 0. The van der Waals surface area contributed by atoms with E-state index in [2.05, 4.69) is 23.9 Å². The van der Waals surface area contributed by atoms with Crippen LogP contribution in [-0.2, 0) is 0 Å². The Morgan fingerprint density at radius 1 is 1.04 bits per heavy atom. The van der Waals surface area contributed by atoms with Gasteiger partial charge in [0.25, 0.3) is 5.91 Å². The first-order chi connectivity index (χ1) is 13.1. The van der Waals surface area contributed by atoms with Crippen molar-refractivity contribution < 1.29 is 4.79 Å². The topological polar surface area (TPSA) is 51.0 Å². The van der Waals surface area contributed by atoms with E-state index in [4.69, 9.17) is 0 Å². The third-order valence-corrected chi connectivity index (χ3v) is 5.17. The van der Waals surface area contributed by atoms with Crippen molar-refractivity contribution in [1.82, 2.24) is 19.7 Å². The molecule has 1 aliphatic rings. The molecule has 2 aromatic carbocycles. The number of carbonyl (C=O) groups is 1. The molecule has 0 radical (unpaired) electrons. The van der Waals surface area contributed by atoms with E-state index in [0.717, 1.165) is 30.6 Å². The Bertz CT molecular complexity index is 931. The van der Waals surface area contributed by atoms with Crippen LogP contribution in [-0.4, -0.2) is 38.2 Å². The van der Waals surface area contributed by atoms with Crippen LogP contribution in [0, 0.1) is 6.92 Å². The van der Waals surface area contributed by atoms with E-state index >= 15 is 0 Å². The molecule has 0 spiro atoms. The maximum Gasteiger partial charge on any atom is 0.293 e. The summed E-state index contributed by atoms with van der Waals surface area (Å²) in [6.45, 7) is 4.93. The standard InChI is InChI=1S/C22H24N4O/c1-16-11-13-19(14-12-16)26-21(18-9-4-3-5-10-18)23-20(24-26)22(27)25-15-7-6-8-17(25)2/h3-5,9-14,17H,6-8,15H2,1-2H3/t17-/m0/s1. The van der Waals surface area contributed by atoms with Crippen molar-refractivity contribution in [3.05, 3.63) is 66.0 Å². The van der Waals surface area contributed by atoms with Crippen LogP contribution < -0.4 is 0 Å². The predicted molar refractivity (Wildman–Crippen MR) is 106 cm³/mol. The van der Waals surface area contributed by atoms with Gasteiger partial charge in [-0.15, -0.1) is 5.10 Å². The molecule has 1 atom stereocenters. The largest absolute Gasteiger partial charge is 0.333 e. The number of likely N-dealkylation sites (tertiary alicyclic amines) is 1. The van der Waals surface area contributed by atoms with Gasteiger partial charge in [-0.3, -0.25) is 4.79 Å². The SMILES string of the molecule is Cc1ccc(-n2nc(C(=O)N3CCCC[C@@H]3C)nc2-c2ccccc2)cc1. The van der Waals surface area contributed by atoms with Crippen molar-refractivity contribution in [3.63, 3.8) is 0 Å². The molecule has 5 nitrogen and oxygen atoms in total. The van der Waals surface area contributed by atoms with Gasteiger partial charge >= 0.3 is 0 Å². The Balaban J connectivity index is 1.78. The number of hydrogen-bond acceptors (Lipinski definition) is 3. The molecule has 0 unspecified atom stereocenters. The second-order valence-corrected chi connectivity index (χ2v) is 7.22. The minimum atomic E-state index is -0.0785. The van der Waals surface area contributed by atoms with Crippen LogP contribution in [0.4, 0.5) is 0 Å². The molecule has 0 saturated carbocycles. The smallest absolute Gasteiger partial charge is 0.293 e. The van der Waals surface area contributed by atoms with Gasteiger partial charge in [0.2, 0.25) is 5.82 Å². The fourth-order valence-electron chi connectivity index (χ4n) is 3.57. The number of aryl methyl sites for hydroxylation is 1. The lowest BCUT2D eigenvalue weighted by molar-refractivity contribution is 0.0623. The molecule has 0 bridgehead atoms. The fraction of sp³-hybridized carbons (Fsp3) is 0.318. The summed E-state index contributed by atoms with van der Waals surface area (Å²) in [6.07, 6.45) is 3.25. The monoisotopic (exact) mass is 360 g/mol. The van der Waals surface area contributed by atoms with Gasteiger partial charge < -0.3 is 4.90 Å². The van der Waals surface area contributed by atoms with Crippen molar-refractivity contribution in [1.29, 1.82) is 0 Å². The van der Waals surface area contributed by atoms with Gasteiger partial charge in [-0.1, -0.05) is 48.0 Å². The molecule has 27 heavy (non-hydrogen) atoms. The minimum absolute atomic E-state index is 0.0785. The molecule has 3 aromatic rings. The zero-order valence-electron chi connectivity index (χ0n) is 15.8. The Hall–Kier alpha value is -2.95. The summed E-state index contributed by atoms with van der Waals surface area (Å²) >= 11 is 0. The molecule has 5 heteroatoms. The average molecular weight is 360 g/mol. The van der Waals surface area contributed by atoms with Gasteiger partial charge in [0, 0.05) is 18.2 Å². The van der Waals surface area contributed by atoms with Crippen LogP contribution >= 0.6 is 0 Å². The van der Waals surface area contributed by atoms with E-state index in [-0.39, 0.29) is 17.8 Å². The lowest BCUT2D eigenvalue weighted by atomic mass is 10.0. The summed E-state index contributed by atoms with van der Waals surface area (Å²) in [5, 5.41) is 4.61. The first-order valence-corrected chi connectivity index (χ1v) is 9.54. The van der Waals surface area contributed by atoms with Gasteiger partial charge in [0.15, 0.2) is 5.82 Å². The maximum atomic E-state index is 13.1. The van der Waals surface area contributed by atoms with Gasteiger partial charge in [0.05, 0.1) is 5.69 Å². The molecule has 138 valence electrons. The van der Waals surface area contributed by atoms with Crippen LogP contribution in [0.15, 0.2) is 54.6 Å². The zero-order chi connectivity index (χ0) is 18.8. The molecule has 1 aliphatic heterocycles. The maximum absolute atomic E-state index is 13.1. The number of carbonyl (C=O) groups excluding carboxylic acids is 1. The van der Waals surface area contributed by atoms with Crippen LogP contribution in [0.25, 0.3) is 17.1 Å².